The van der Waals surface area contributed by atoms with Crippen LogP contribution in [0.15, 0.2) is 53.6 Å². The molecule has 0 bridgehead atoms. The maximum atomic E-state index is 14.6. The van der Waals surface area contributed by atoms with Crippen LogP contribution in [-0.4, -0.2) is 18.2 Å². The molecule has 4 fully saturated rings. The lowest BCUT2D eigenvalue weighted by Gasteiger charge is -2.72. The van der Waals surface area contributed by atoms with Crippen LogP contribution < -0.4 is 5.73 Å². The lowest BCUT2D eigenvalue weighted by atomic mass is 9.33. The van der Waals surface area contributed by atoms with Gasteiger partial charge in [-0.1, -0.05) is 91.0 Å². The topological polar surface area (TPSA) is 52.3 Å². The van der Waals surface area contributed by atoms with Gasteiger partial charge in [-0.15, -0.1) is 0 Å². The molecule has 48 heavy (non-hydrogen) atoms. The van der Waals surface area contributed by atoms with Crippen molar-refractivity contribution in [3.63, 3.8) is 0 Å². The molecule has 4 heteroatoms. The summed E-state index contributed by atoms with van der Waals surface area (Å²) in [4.78, 5) is 13.3. The van der Waals surface area contributed by atoms with Crippen LogP contribution in [0.4, 0.5) is 4.39 Å². The summed E-state index contributed by atoms with van der Waals surface area (Å²) in [6.07, 6.45) is 17.9. The minimum absolute atomic E-state index is 0.0363. The number of hydrogen-bond donors (Lipinski definition) is 1. The maximum Gasteiger partial charge on any atom is 0.315 e. The van der Waals surface area contributed by atoms with E-state index in [1.165, 1.54) is 62.5 Å². The number of benzene rings is 1. The molecule has 3 nitrogen and oxygen atoms in total. The first-order valence-corrected chi connectivity index (χ1v) is 19.6. The van der Waals surface area contributed by atoms with Crippen LogP contribution in [0.25, 0.3) is 0 Å². The Morgan fingerprint density at radius 3 is 2.29 bits per heavy atom. The van der Waals surface area contributed by atoms with Crippen molar-refractivity contribution in [2.75, 3.05) is 6.67 Å². The third-order valence-electron chi connectivity index (χ3n) is 16.8. The van der Waals surface area contributed by atoms with Crippen molar-refractivity contribution in [1.29, 1.82) is 0 Å². The van der Waals surface area contributed by atoms with Gasteiger partial charge in [0, 0.05) is 5.54 Å². The molecule has 0 saturated heterocycles. The molecule has 0 heterocycles. The number of nitrogens with two attached hydrogens (primary N) is 1. The average Bonchev–Trinajstić information content (AvgIpc) is 3.42. The second kappa shape index (κ2) is 11.8. The predicted octanol–water partition coefficient (Wildman–Crippen LogP) is 10.8. The highest BCUT2D eigenvalue weighted by Gasteiger charge is 2.70. The van der Waals surface area contributed by atoms with Gasteiger partial charge in [-0.3, -0.25) is 4.79 Å². The fourth-order valence-electron chi connectivity index (χ4n) is 14.0. The Morgan fingerprint density at radius 1 is 0.875 bits per heavy atom. The summed E-state index contributed by atoms with van der Waals surface area (Å²) in [6, 6.07) is 9.70. The normalized spacial score (nSPS) is 44.8. The fourth-order valence-corrected chi connectivity index (χ4v) is 14.0. The smallest absolute Gasteiger partial charge is 0.315 e. The van der Waals surface area contributed by atoms with E-state index in [0.29, 0.717) is 47.3 Å². The summed E-state index contributed by atoms with van der Waals surface area (Å²) in [7, 11) is 0. The molecule has 1 aromatic carbocycles. The number of alkyl halides is 1. The molecule has 4 saturated carbocycles. The van der Waals surface area contributed by atoms with Crippen molar-refractivity contribution in [2.24, 2.45) is 68.3 Å². The quantitative estimate of drug-likeness (QED) is 0.310. The van der Waals surface area contributed by atoms with Crippen LogP contribution in [0.5, 0.6) is 0 Å². The molecule has 0 aromatic heterocycles. The first-order valence-electron chi connectivity index (χ1n) is 19.6. The number of hydrogen-bond acceptors (Lipinski definition) is 3. The van der Waals surface area contributed by atoms with E-state index in [1.54, 1.807) is 0 Å². The highest BCUT2D eigenvalue weighted by Crippen LogP contribution is 2.76. The van der Waals surface area contributed by atoms with Gasteiger partial charge in [-0.05, 0) is 151 Å². The zero-order chi connectivity index (χ0) is 34.3. The van der Waals surface area contributed by atoms with Gasteiger partial charge in [0.05, 0.1) is 5.41 Å². The number of carbonyl (C=O) groups is 1. The number of carbonyl (C=O) groups excluding carboxylic acids is 1. The molecular weight excluding hydrogens is 593 g/mol. The minimum Gasteiger partial charge on any atom is -0.460 e. The second-order valence-electron chi connectivity index (χ2n) is 19.3. The summed E-state index contributed by atoms with van der Waals surface area (Å²) in [6.45, 7) is 17.5. The van der Waals surface area contributed by atoms with Gasteiger partial charge in [0.2, 0.25) is 0 Å². The number of allylic oxidation sites excluding steroid dienone is 4. The van der Waals surface area contributed by atoms with Crippen molar-refractivity contribution in [2.45, 2.75) is 138 Å². The number of esters is 1. The van der Waals surface area contributed by atoms with Gasteiger partial charge in [-0.25, -0.2) is 4.39 Å². The maximum absolute atomic E-state index is 14.6. The molecule has 1 aromatic rings. The molecule has 0 spiro atoms. The monoisotopic (exact) mass is 657 g/mol. The van der Waals surface area contributed by atoms with E-state index >= 15 is 0 Å². The lowest BCUT2D eigenvalue weighted by Crippen LogP contribution is -2.67. The van der Waals surface area contributed by atoms with Gasteiger partial charge in [0.1, 0.15) is 13.3 Å². The predicted molar refractivity (Wildman–Crippen MR) is 194 cm³/mol. The first kappa shape index (κ1) is 34.5. The van der Waals surface area contributed by atoms with E-state index in [2.05, 4.69) is 60.6 Å². The van der Waals surface area contributed by atoms with Crippen LogP contribution in [0.2, 0.25) is 0 Å². The van der Waals surface area contributed by atoms with Crippen LogP contribution >= 0.6 is 0 Å². The van der Waals surface area contributed by atoms with Gasteiger partial charge in [0.25, 0.3) is 0 Å². The van der Waals surface area contributed by atoms with E-state index in [1.807, 2.05) is 30.3 Å². The summed E-state index contributed by atoms with van der Waals surface area (Å²) < 4.78 is 20.3. The molecule has 0 amide bonds. The van der Waals surface area contributed by atoms with Crippen molar-refractivity contribution < 1.29 is 13.9 Å². The molecule has 0 radical (unpaired) electrons. The van der Waals surface area contributed by atoms with Crippen LogP contribution in [-0.2, 0) is 16.1 Å². The van der Waals surface area contributed by atoms with E-state index in [9.17, 15) is 9.18 Å². The van der Waals surface area contributed by atoms with Crippen molar-refractivity contribution in [3.05, 3.63) is 59.2 Å². The standard InChI is InChI=1S/C44H64FNO2/c1-29(2)32-17-24-44(46)26-25-41(6)34(37(32)44)13-14-36-40(5)20-18-33(39(3,4)35(40)19-21-42(36,41)7)31-15-22-43(28-45,23-16-31)38(47)48-27-30-11-9-8-10-12-30/h8-12,15,18,29,32,34-37H,13-14,16-17,19-28,46H2,1-7H3/t32-,34+,35-,36+,37+,40-,41+,42+,43-,44-/m0/s1. The summed E-state index contributed by atoms with van der Waals surface area (Å²) >= 11 is 0. The highest BCUT2D eigenvalue weighted by atomic mass is 19.1. The molecule has 264 valence electrons. The minimum atomic E-state index is -1.07. The Balaban J connectivity index is 1.12. The first-order chi connectivity index (χ1) is 22.7. The molecule has 6 aliphatic carbocycles. The van der Waals surface area contributed by atoms with Crippen molar-refractivity contribution in [3.8, 4) is 0 Å². The van der Waals surface area contributed by atoms with E-state index in [4.69, 9.17) is 10.5 Å². The van der Waals surface area contributed by atoms with Gasteiger partial charge in [-0.2, -0.15) is 0 Å². The van der Waals surface area contributed by atoms with Gasteiger partial charge < -0.3 is 10.5 Å². The third-order valence-corrected chi connectivity index (χ3v) is 16.8. The number of ether oxygens (including phenoxy) is 1. The zero-order valence-electron chi connectivity index (χ0n) is 31.2. The highest BCUT2D eigenvalue weighted by molar-refractivity contribution is 5.78. The molecule has 2 N–H and O–H groups in total. The summed E-state index contributed by atoms with van der Waals surface area (Å²) in [5.74, 6) is 3.85. The third kappa shape index (κ3) is 4.90. The molecule has 7 rings (SSSR count). The molecule has 6 aliphatic rings. The fraction of sp³-hybridized carbons (Fsp3) is 0.750. The molecular formula is C44H64FNO2. The number of halogens is 1. The number of fused-ring (bicyclic) bond motifs is 7. The second-order valence-corrected chi connectivity index (χ2v) is 19.3. The average molecular weight is 658 g/mol. The number of rotatable bonds is 6. The van der Waals surface area contributed by atoms with Crippen LogP contribution in [0.3, 0.4) is 0 Å². The Bertz CT molecular complexity index is 1460. The Morgan fingerprint density at radius 2 is 1.62 bits per heavy atom. The van der Waals surface area contributed by atoms with E-state index in [0.717, 1.165) is 30.2 Å². The Kier molecular flexibility index (Phi) is 8.49. The Labute approximate surface area is 291 Å². The van der Waals surface area contributed by atoms with E-state index < -0.39 is 18.1 Å². The molecule has 10 atom stereocenters. The molecule has 0 aliphatic heterocycles. The summed E-state index contributed by atoms with van der Waals surface area (Å²) in [5.41, 5.74) is 11.1. The van der Waals surface area contributed by atoms with Crippen molar-refractivity contribution in [1.82, 2.24) is 0 Å². The zero-order valence-corrected chi connectivity index (χ0v) is 31.2. The van der Waals surface area contributed by atoms with Crippen LogP contribution in [0, 0.1) is 62.6 Å². The van der Waals surface area contributed by atoms with Crippen LogP contribution in [0.1, 0.15) is 131 Å². The van der Waals surface area contributed by atoms with Crippen molar-refractivity contribution >= 4 is 5.97 Å². The SMILES string of the molecule is CC(C)[C@@H]1CC[C@]2(N)CC[C@]3(C)[C@H](CC[C@@H]4[C@@]5(C)CC=C(C6=CC[C@](CF)(C(=O)OCc7ccccc7)CC6)C(C)(C)[C@@H]5CC[C@]43C)[C@@H]12. The largest absolute Gasteiger partial charge is 0.460 e. The molecule has 0 unspecified atom stereocenters. The van der Waals surface area contributed by atoms with Gasteiger partial charge in [0.15, 0.2) is 0 Å². The lowest BCUT2D eigenvalue weighted by molar-refractivity contribution is -0.221. The Hall–Kier alpha value is -1.94. The van der Waals surface area contributed by atoms with Gasteiger partial charge >= 0.3 is 5.97 Å². The summed E-state index contributed by atoms with van der Waals surface area (Å²) in [5, 5.41) is 0. The van der Waals surface area contributed by atoms with E-state index in [-0.39, 0.29) is 23.0 Å².